The number of hydrogen-bond donors (Lipinski definition) is 0. The van der Waals surface area contributed by atoms with Crippen LogP contribution in [0.3, 0.4) is 0 Å². The molecule has 0 aliphatic heterocycles. The highest BCUT2D eigenvalue weighted by atomic mass is 16.5. The summed E-state index contributed by atoms with van der Waals surface area (Å²) >= 11 is 0. The first-order chi connectivity index (χ1) is 9.79. The predicted octanol–water partition coefficient (Wildman–Crippen LogP) is 6.14. The normalized spacial score (nSPS) is 11.0. The standard InChI is InChI=1S/C20H26O/c1-12(2)19-14(4)10-18(11-15(19)5)21-20-16(6)8-13(3)9-17(20)7/h8-12H,1-7H3. The minimum absolute atomic E-state index is 0.543. The summed E-state index contributed by atoms with van der Waals surface area (Å²) in [6.45, 7) is 15.2. The van der Waals surface area contributed by atoms with Crippen molar-refractivity contribution < 1.29 is 4.74 Å². The largest absolute Gasteiger partial charge is 0.457 e. The van der Waals surface area contributed by atoms with Crippen molar-refractivity contribution in [1.82, 2.24) is 0 Å². The van der Waals surface area contributed by atoms with Crippen LogP contribution in [-0.2, 0) is 0 Å². The van der Waals surface area contributed by atoms with Crippen LogP contribution in [0.25, 0.3) is 0 Å². The third-order valence-corrected chi connectivity index (χ3v) is 3.97. The molecule has 0 heterocycles. The van der Waals surface area contributed by atoms with E-state index in [0.29, 0.717) is 5.92 Å². The van der Waals surface area contributed by atoms with E-state index in [4.69, 9.17) is 4.74 Å². The zero-order valence-electron chi connectivity index (χ0n) is 14.3. The van der Waals surface area contributed by atoms with Crippen LogP contribution in [0.5, 0.6) is 11.5 Å². The van der Waals surface area contributed by atoms with Crippen LogP contribution < -0.4 is 4.74 Å². The molecule has 2 rings (SSSR count). The van der Waals surface area contributed by atoms with Crippen molar-refractivity contribution in [2.45, 2.75) is 54.4 Å². The fourth-order valence-electron chi connectivity index (χ4n) is 3.35. The number of rotatable bonds is 3. The Bertz CT molecular complexity index is 620. The molecule has 0 radical (unpaired) electrons. The van der Waals surface area contributed by atoms with Gasteiger partial charge in [-0.25, -0.2) is 0 Å². The van der Waals surface area contributed by atoms with Crippen LogP contribution >= 0.6 is 0 Å². The van der Waals surface area contributed by atoms with Crippen molar-refractivity contribution in [2.75, 3.05) is 0 Å². The van der Waals surface area contributed by atoms with Gasteiger partial charge in [-0.3, -0.25) is 0 Å². The van der Waals surface area contributed by atoms with Crippen LogP contribution in [0, 0.1) is 34.6 Å². The van der Waals surface area contributed by atoms with E-state index in [2.05, 4.69) is 72.7 Å². The molecule has 0 amide bonds. The van der Waals surface area contributed by atoms with Crippen molar-refractivity contribution in [1.29, 1.82) is 0 Å². The maximum Gasteiger partial charge on any atom is 0.133 e. The van der Waals surface area contributed by atoms with Gasteiger partial charge in [-0.05, 0) is 80.5 Å². The van der Waals surface area contributed by atoms with E-state index in [-0.39, 0.29) is 0 Å². The third-order valence-electron chi connectivity index (χ3n) is 3.97. The molecule has 0 atom stereocenters. The maximum atomic E-state index is 6.19. The molecule has 2 aromatic rings. The lowest BCUT2D eigenvalue weighted by Gasteiger charge is -2.18. The van der Waals surface area contributed by atoms with E-state index in [1.165, 1.54) is 33.4 Å². The second-order valence-corrected chi connectivity index (χ2v) is 6.46. The van der Waals surface area contributed by atoms with Crippen molar-refractivity contribution in [3.63, 3.8) is 0 Å². The summed E-state index contributed by atoms with van der Waals surface area (Å²) in [7, 11) is 0. The first kappa shape index (κ1) is 15.6. The summed E-state index contributed by atoms with van der Waals surface area (Å²) in [5.74, 6) is 2.46. The quantitative estimate of drug-likeness (QED) is 0.656. The van der Waals surface area contributed by atoms with E-state index in [0.717, 1.165) is 11.5 Å². The molecular formula is C20H26O. The van der Waals surface area contributed by atoms with Gasteiger partial charge in [0.1, 0.15) is 11.5 Å². The molecule has 0 aliphatic carbocycles. The van der Waals surface area contributed by atoms with E-state index < -0.39 is 0 Å². The molecule has 0 aliphatic rings. The Hall–Kier alpha value is -1.76. The van der Waals surface area contributed by atoms with Crippen LogP contribution in [0.4, 0.5) is 0 Å². The monoisotopic (exact) mass is 282 g/mol. The molecule has 1 nitrogen and oxygen atoms in total. The smallest absolute Gasteiger partial charge is 0.133 e. The second-order valence-electron chi connectivity index (χ2n) is 6.46. The maximum absolute atomic E-state index is 6.19. The van der Waals surface area contributed by atoms with Gasteiger partial charge < -0.3 is 4.74 Å². The summed E-state index contributed by atoms with van der Waals surface area (Å²) in [4.78, 5) is 0. The van der Waals surface area contributed by atoms with Crippen LogP contribution in [0.15, 0.2) is 24.3 Å². The van der Waals surface area contributed by atoms with Gasteiger partial charge >= 0.3 is 0 Å². The van der Waals surface area contributed by atoms with E-state index in [9.17, 15) is 0 Å². The lowest BCUT2D eigenvalue weighted by atomic mass is 9.93. The Morgan fingerprint density at radius 1 is 0.714 bits per heavy atom. The molecule has 0 fully saturated rings. The number of hydrogen-bond acceptors (Lipinski definition) is 1. The minimum atomic E-state index is 0.543. The van der Waals surface area contributed by atoms with Gasteiger partial charge in [0.05, 0.1) is 0 Å². The van der Waals surface area contributed by atoms with Crippen LogP contribution in [0.2, 0.25) is 0 Å². The molecule has 2 aromatic carbocycles. The van der Waals surface area contributed by atoms with Gasteiger partial charge in [0.15, 0.2) is 0 Å². The molecule has 1 heteroatoms. The topological polar surface area (TPSA) is 9.23 Å². The van der Waals surface area contributed by atoms with Crippen molar-refractivity contribution in [3.05, 3.63) is 57.6 Å². The highest BCUT2D eigenvalue weighted by Gasteiger charge is 2.11. The Morgan fingerprint density at radius 2 is 1.19 bits per heavy atom. The molecule has 0 saturated heterocycles. The number of ether oxygens (including phenoxy) is 1. The molecular weight excluding hydrogens is 256 g/mol. The number of benzene rings is 2. The molecule has 0 saturated carbocycles. The van der Waals surface area contributed by atoms with Gasteiger partial charge in [-0.1, -0.05) is 31.5 Å². The zero-order valence-corrected chi connectivity index (χ0v) is 14.3. The van der Waals surface area contributed by atoms with Gasteiger partial charge in [-0.15, -0.1) is 0 Å². The Kier molecular flexibility index (Phi) is 4.41. The average molecular weight is 282 g/mol. The van der Waals surface area contributed by atoms with E-state index in [1.807, 2.05) is 0 Å². The number of aryl methyl sites for hydroxylation is 5. The van der Waals surface area contributed by atoms with Crippen molar-refractivity contribution in [2.24, 2.45) is 0 Å². The Balaban J connectivity index is 2.42. The molecule has 0 aromatic heterocycles. The fraction of sp³-hybridized carbons (Fsp3) is 0.400. The summed E-state index contributed by atoms with van der Waals surface area (Å²) in [5.41, 5.74) is 7.70. The zero-order chi connectivity index (χ0) is 15.7. The predicted molar refractivity (Wildman–Crippen MR) is 90.7 cm³/mol. The van der Waals surface area contributed by atoms with E-state index >= 15 is 0 Å². The summed E-state index contributed by atoms with van der Waals surface area (Å²) in [5, 5.41) is 0. The van der Waals surface area contributed by atoms with Gasteiger partial charge in [-0.2, -0.15) is 0 Å². The van der Waals surface area contributed by atoms with Crippen LogP contribution in [-0.4, -0.2) is 0 Å². The first-order valence-electron chi connectivity index (χ1n) is 7.66. The highest BCUT2D eigenvalue weighted by molar-refractivity contribution is 5.48. The minimum Gasteiger partial charge on any atom is -0.457 e. The lowest BCUT2D eigenvalue weighted by Crippen LogP contribution is -1.98. The third kappa shape index (κ3) is 3.29. The Labute approximate surface area is 129 Å². The van der Waals surface area contributed by atoms with Gasteiger partial charge in [0, 0.05) is 0 Å². The van der Waals surface area contributed by atoms with Gasteiger partial charge in [0.25, 0.3) is 0 Å². The average Bonchev–Trinajstić information content (AvgIpc) is 2.32. The molecule has 112 valence electrons. The molecule has 0 bridgehead atoms. The first-order valence-corrected chi connectivity index (χ1v) is 7.66. The summed E-state index contributed by atoms with van der Waals surface area (Å²) in [6, 6.07) is 8.65. The molecule has 0 spiro atoms. The lowest BCUT2D eigenvalue weighted by molar-refractivity contribution is 0.473. The van der Waals surface area contributed by atoms with Crippen molar-refractivity contribution in [3.8, 4) is 11.5 Å². The highest BCUT2D eigenvalue weighted by Crippen LogP contribution is 2.33. The fourth-order valence-corrected chi connectivity index (χ4v) is 3.35. The van der Waals surface area contributed by atoms with Gasteiger partial charge in [0.2, 0.25) is 0 Å². The van der Waals surface area contributed by atoms with E-state index in [1.54, 1.807) is 0 Å². The molecule has 21 heavy (non-hydrogen) atoms. The summed E-state index contributed by atoms with van der Waals surface area (Å²) < 4.78 is 6.19. The van der Waals surface area contributed by atoms with Crippen molar-refractivity contribution >= 4 is 0 Å². The molecule has 0 unspecified atom stereocenters. The SMILES string of the molecule is Cc1cc(C)c(Oc2cc(C)c(C(C)C)c(C)c2)c(C)c1. The second kappa shape index (κ2) is 5.93. The Morgan fingerprint density at radius 3 is 1.62 bits per heavy atom. The molecule has 0 N–H and O–H groups in total. The van der Waals surface area contributed by atoms with Crippen LogP contribution in [0.1, 0.15) is 53.1 Å². The summed E-state index contributed by atoms with van der Waals surface area (Å²) in [6.07, 6.45) is 0.